The Balaban J connectivity index is 1.29. The Labute approximate surface area is 251 Å². The average molecular weight is 578 g/mol. The molecule has 0 aliphatic heterocycles. The second kappa shape index (κ2) is 14.4. The molecular weight excluding hydrogens is 546 g/mol. The second-order valence-corrected chi connectivity index (χ2v) is 10.4. The minimum Gasteiger partial charge on any atom is -0.490 e. The molecule has 1 atom stereocenters. The molecule has 1 heterocycles. The summed E-state index contributed by atoms with van der Waals surface area (Å²) < 4.78 is 12.4. The SMILES string of the molecule is O=C(O)c1ccccc1OCC(OCCCCc1ccccc1)c1cccc(/C=C/c2ccc3ccc(Cl)cc3n2)c1. The Morgan fingerprint density at radius 2 is 1.67 bits per heavy atom. The van der Waals surface area contributed by atoms with E-state index >= 15 is 0 Å². The number of para-hydroxylation sites is 1. The molecule has 1 unspecified atom stereocenters. The molecule has 0 spiro atoms. The van der Waals surface area contributed by atoms with E-state index in [0.717, 1.165) is 47.0 Å². The van der Waals surface area contributed by atoms with Crippen LogP contribution in [0.15, 0.2) is 109 Å². The normalized spacial score (nSPS) is 12.0. The predicted octanol–water partition coefficient (Wildman–Crippen LogP) is 8.92. The summed E-state index contributed by atoms with van der Waals surface area (Å²) in [4.78, 5) is 16.4. The van der Waals surface area contributed by atoms with Crippen molar-refractivity contribution >= 4 is 40.6 Å². The van der Waals surface area contributed by atoms with E-state index in [-0.39, 0.29) is 18.3 Å². The Kier molecular flexibility index (Phi) is 9.99. The molecule has 4 aromatic carbocycles. The quantitative estimate of drug-likeness (QED) is 0.141. The van der Waals surface area contributed by atoms with E-state index < -0.39 is 5.97 Å². The number of carboxylic acids is 1. The van der Waals surface area contributed by atoms with Gasteiger partial charge in [-0.15, -0.1) is 0 Å². The lowest BCUT2D eigenvalue weighted by Gasteiger charge is -2.20. The number of aromatic carboxylic acids is 1. The summed E-state index contributed by atoms with van der Waals surface area (Å²) >= 11 is 6.15. The topological polar surface area (TPSA) is 68.7 Å². The van der Waals surface area contributed by atoms with Crippen molar-refractivity contribution in [2.24, 2.45) is 0 Å². The van der Waals surface area contributed by atoms with Gasteiger partial charge in [0.15, 0.2) is 0 Å². The van der Waals surface area contributed by atoms with Gasteiger partial charge in [0, 0.05) is 17.0 Å². The van der Waals surface area contributed by atoms with E-state index in [0.29, 0.717) is 17.4 Å². The first-order valence-corrected chi connectivity index (χ1v) is 14.4. The summed E-state index contributed by atoms with van der Waals surface area (Å²) in [7, 11) is 0. The van der Waals surface area contributed by atoms with E-state index in [1.165, 1.54) is 11.6 Å². The van der Waals surface area contributed by atoms with Gasteiger partial charge in [0.25, 0.3) is 0 Å². The first-order chi connectivity index (χ1) is 20.5. The minimum atomic E-state index is -1.03. The van der Waals surface area contributed by atoms with E-state index in [4.69, 9.17) is 26.1 Å². The van der Waals surface area contributed by atoms with Crippen LogP contribution in [0.25, 0.3) is 23.1 Å². The zero-order valence-electron chi connectivity index (χ0n) is 23.2. The fourth-order valence-corrected chi connectivity index (χ4v) is 4.89. The van der Waals surface area contributed by atoms with Crippen molar-refractivity contribution in [3.63, 3.8) is 0 Å². The first-order valence-electron chi connectivity index (χ1n) is 14.0. The molecule has 5 rings (SSSR count). The third-order valence-corrected chi connectivity index (χ3v) is 7.17. The van der Waals surface area contributed by atoms with Crippen LogP contribution < -0.4 is 4.74 Å². The smallest absolute Gasteiger partial charge is 0.339 e. The number of carboxylic acid groups (broad SMARTS) is 1. The summed E-state index contributed by atoms with van der Waals surface area (Å²) in [5, 5.41) is 11.3. The van der Waals surface area contributed by atoms with Crippen molar-refractivity contribution in [1.82, 2.24) is 4.98 Å². The van der Waals surface area contributed by atoms with E-state index in [2.05, 4.69) is 30.3 Å². The highest BCUT2D eigenvalue weighted by Gasteiger charge is 2.17. The molecule has 0 radical (unpaired) electrons. The molecular formula is C36H32ClNO4. The summed E-state index contributed by atoms with van der Waals surface area (Å²) in [5.41, 5.74) is 5.05. The number of carbonyl (C=O) groups is 1. The minimum absolute atomic E-state index is 0.125. The first kappa shape index (κ1) is 29.1. The van der Waals surface area contributed by atoms with Gasteiger partial charge in [-0.3, -0.25) is 0 Å². The Hall–Kier alpha value is -4.45. The van der Waals surface area contributed by atoms with Gasteiger partial charge >= 0.3 is 5.97 Å². The lowest BCUT2D eigenvalue weighted by atomic mass is 10.1. The molecule has 1 N–H and O–H groups in total. The van der Waals surface area contributed by atoms with Crippen LogP contribution in [0.1, 0.15) is 51.7 Å². The molecule has 0 saturated carbocycles. The summed E-state index contributed by atoms with van der Waals surface area (Å²) in [6, 6.07) is 34.8. The molecule has 42 heavy (non-hydrogen) atoms. The molecule has 0 amide bonds. The molecule has 0 bridgehead atoms. The number of rotatable bonds is 13. The average Bonchev–Trinajstić information content (AvgIpc) is 3.02. The molecule has 0 fully saturated rings. The number of hydrogen-bond donors (Lipinski definition) is 1. The number of aryl methyl sites for hydroxylation is 1. The lowest BCUT2D eigenvalue weighted by Crippen LogP contribution is -2.16. The van der Waals surface area contributed by atoms with E-state index in [1.54, 1.807) is 18.2 Å². The van der Waals surface area contributed by atoms with Crippen molar-refractivity contribution in [1.29, 1.82) is 0 Å². The van der Waals surface area contributed by atoms with Gasteiger partial charge in [-0.2, -0.15) is 0 Å². The van der Waals surface area contributed by atoms with Crippen LogP contribution in [-0.4, -0.2) is 29.3 Å². The maximum Gasteiger partial charge on any atom is 0.339 e. The van der Waals surface area contributed by atoms with E-state index in [9.17, 15) is 9.90 Å². The van der Waals surface area contributed by atoms with Crippen LogP contribution in [0, 0.1) is 0 Å². The van der Waals surface area contributed by atoms with E-state index in [1.807, 2.05) is 66.7 Å². The van der Waals surface area contributed by atoms with Gasteiger partial charge in [-0.25, -0.2) is 9.78 Å². The number of pyridine rings is 1. The standard InChI is InChI=1S/C36H32ClNO4/c37-30-19-17-28-18-21-31(38-33(28)24-30)20-16-27-12-8-13-29(23-27)35(25-42-34-15-5-4-14-32(34)36(39)40)41-22-7-6-11-26-9-2-1-3-10-26/h1-5,8-10,12-21,23-24,35H,6-7,11,22,25H2,(H,39,40)/b20-16+. The van der Waals surface area contributed by atoms with Crippen molar-refractivity contribution in [3.8, 4) is 5.75 Å². The molecule has 0 aliphatic carbocycles. The van der Waals surface area contributed by atoms with Crippen molar-refractivity contribution in [2.45, 2.75) is 25.4 Å². The van der Waals surface area contributed by atoms with Crippen LogP contribution in [0.2, 0.25) is 5.02 Å². The van der Waals surface area contributed by atoms with Gasteiger partial charge in [-0.1, -0.05) is 90.5 Å². The van der Waals surface area contributed by atoms with Crippen LogP contribution in [0.3, 0.4) is 0 Å². The largest absolute Gasteiger partial charge is 0.490 e. The van der Waals surface area contributed by atoms with Gasteiger partial charge in [-0.05, 0) is 78.4 Å². The number of hydrogen-bond acceptors (Lipinski definition) is 4. The van der Waals surface area contributed by atoms with Crippen LogP contribution in [0.4, 0.5) is 0 Å². The van der Waals surface area contributed by atoms with Crippen molar-refractivity contribution in [2.75, 3.05) is 13.2 Å². The summed E-state index contributed by atoms with van der Waals surface area (Å²) in [6.07, 6.45) is 6.50. The molecule has 212 valence electrons. The fraction of sp³-hybridized carbons (Fsp3) is 0.167. The molecule has 0 saturated heterocycles. The zero-order chi connectivity index (χ0) is 29.1. The Morgan fingerprint density at radius 1 is 0.857 bits per heavy atom. The van der Waals surface area contributed by atoms with Crippen molar-refractivity contribution in [3.05, 3.63) is 142 Å². The summed E-state index contributed by atoms with van der Waals surface area (Å²) in [5.74, 6) is -0.707. The molecule has 1 aromatic heterocycles. The van der Waals surface area contributed by atoms with Crippen LogP contribution in [-0.2, 0) is 11.2 Å². The van der Waals surface area contributed by atoms with Crippen LogP contribution in [0.5, 0.6) is 5.75 Å². The number of unbranched alkanes of at least 4 members (excludes halogenated alkanes) is 1. The number of aromatic nitrogens is 1. The fourth-order valence-electron chi connectivity index (χ4n) is 4.72. The summed E-state index contributed by atoms with van der Waals surface area (Å²) in [6.45, 7) is 0.744. The van der Waals surface area contributed by atoms with Gasteiger partial charge in [0.05, 0.1) is 11.2 Å². The number of benzene rings is 4. The van der Waals surface area contributed by atoms with Crippen LogP contribution >= 0.6 is 11.6 Å². The zero-order valence-corrected chi connectivity index (χ0v) is 23.9. The third kappa shape index (κ3) is 8.06. The highest BCUT2D eigenvalue weighted by Crippen LogP contribution is 2.25. The van der Waals surface area contributed by atoms with Gasteiger partial charge in [0.1, 0.15) is 24.0 Å². The number of ether oxygens (including phenoxy) is 2. The number of nitrogens with zero attached hydrogens (tertiary/aromatic N) is 1. The number of fused-ring (bicyclic) bond motifs is 1. The lowest BCUT2D eigenvalue weighted by molar-refractivity contribution is 0.0167. The van der Waals surface area contributed by atoms with Gasteiger partial charge < -0.3 is 14.6 Å². The predicted molar refractivity (Wildman–Crippen MR) is 169 cm³/mol. The molecule has 6 heteroatoms. The third-order valence-electron chi connectivity index (χ3n) is 6.93. The molecule has 5 nitrogen and oxygen atoms in total. The highest BCUT2D eigenvalue weighted by atomic mass is 35.5. The monoisotopic (exact) mass is 577 g/mol. The Bertz CT molecular complexity index is 1670. The maximum absolute atomic E-state index is 11.7. The second-order valence-electron chi connectivity index (χ2n) is 9.99. The highest BCUT2D eigenvalue weighted by molar-refractivity contribution is 6.31. The molecule has 5 aromatic rings. The number of halogens is 1. The Morgan fingerprint density at radius 3 is 2.52 bits per heavy atom. The maximum atomic E-state index is 11.7. The van der Waals surface area contributed by atoms with Gasteiger partial charge in [0.2, 0.25) is 0 Å². The molecule has 0 aliphatic rings. The van der Waals surface area contributed by atoms with Crippen molar-refractivity contribution < 1.29 is 19.4 Å².